The summed E-state index contributed by atoms with van der Waals surface area (Å²) < 4.78 is 0. The summed E-state index contributed by atoms with van der Waals surface area (Å²) in [6.07, 6.45) is 4.85. The Bertz CT molecular complexity index is 867. The van der Waals surface area contributed by atoms with E-state index in [9.17, 15) is 19.5 Å². The van der Waals surface area contributed by atoms with Crippen LogP contribution in [0, 0.1) is 22.7 Å². The van der Waals surface area contributed by atoms with Crippen LogP contribution in [-0.2, 0) is 14.4 Å². The number of aliphatic hydroxyl groups is 1. The molecule has 29 heavy (non-hydrogen) atoms. The van der Waals surface area contributed by atoms with Gasteiger partial charge in [0.2, 0.25) is 0 Å². The summed E-state index contributed by atoms with van der Waals surface area (Å²) in [6.45, 7) is 7.70. The lowest BCUT2D eigenvalue weighted by Crippen LogP contribution is -2.43. The third kappa shape index (κ3) is 4.75. The van der Waals surface area contributed by atoms with E-state index in [0.29, 0.717) is 25.7 Å². The van der Waals surface area contributed by atoms with Gasteiger partial charge in [-0.25, -0.2) is 0 Å². The molecule has 4 heteroatoms. The molecule has 0 heterocycles. The van der Waals surface area contributed by atoms with Crippen LogP contribution in [0.5, 0.6) is 0 Å². The first kappa shape index (κ1) is 21.2. The number of carbonyl (C=O) groups excluding carboxylic acids is 3. The second-order valence-corrected chi connectivity index (χ2v) is 10.0. The van der Waals surface area contributed by atoms with Crippen LogP contribution in [0.1, 0.15) is 58.9 Å². The van der Waals surface area contributed by atoms with Gasteiger partial charge in [0.15, 0.2) is 5.78 Å². The van der Waals surface area contributed by atoms with E-state index >= 15 is 0 Å². The van der Waals surface area contributed by atoms with Gasteiger partial charge in [0.1, 0.15) is 17.3 Å². The molecule has 0 unspecified atom stereocenters. The van der Waals surface area contributed by atoms with E-state index in [1.807, 2.05) is 64.1 Å². The van der Waals surface area contributed by atoms with Crippen molar-refractivity contribution in [2.75, 3.05) is 0 Å². The molecule has 4 nitrogen and oxygen atoms in total. The lowest BCUT2D eigenvalue weighted by Gasteiger charge is -2.37. The fraction of sp³-hybridized carbons (Fsp3) is 0.480. The first-order valence-corrected chi connectivity index (χ1v) is 10.2. The van der Waals surface area contributed by atoms with E-state index in [-0.39, 0.29) is 39.5 Å². The second kappa shape index (κ2) is 7.74. The van der Waals surface area contributed by atoms with Crippen molar-refractivity contribution < 1.29 is 19.5 Å². The Balaban J connectivity index is 2.05. The summed E-state index contributed by atoms with van der Waals surface area (Å²) in [5.41, 5.74) is 0.453. The summed E-state index contributed by atoms with van der Waals surface area (Å²) in [4.78, 5) is 39.0. The zero-order valence-electron chi connectivity index (χ0n) is 17.7. The summed E-state index contributed by atoms with van der Waals surface area (Å²) in [5.74, 6) is -2.09. The van der Waals surface area contributed by atoms with Crippen LogP contribution in [0.4, 0.5) is 0 Å². The van der Waals surface area contributed by atoms with Gasteiger partial charge in [-0.2, -0.15) is 0 Å². The maximum Gasteiger partial charge on any atom is 0.163 e. The average molecular weight is 395 g/mol. The molecule has 0 bridgehead atoms. The number of carbonyl (C=O) groups is 3. The summed E-state index contributed by atoms with van der Waals surface area (Å²) >= 11 is 0. The summed E-state index contributed by atoms with van der Waals surface area (Å²) in [6, 6.07) is 9.55. The Labute approximate surface area is 172 Å². The lowest BCUT2D eigenvalue weighted by atomic mass is 9.64. The molecule has 0 spiro atoms. The largest absolute Gasteiger partial charge is 0.512 e. The molecular weight excluding hydrogens is 364 g/mol. The van der Waals surface area contributed by atoms with Crippen LogP contribution in [0.15, 0.2) is 47.7 Å². The Kier molecular flexibility index (Phi) is 5.66. The zero-order valence-corrected chi connectivity index (χ0v) is 17.7. The molecule has 0 saturated heterocycles. The van der Waals surface area contributed by atoms with E-state index in [0.717, 1.165) is 5.56 Å². The van der Waals surface area contributed by atoms with Gasteiger partial charge in [-0.3, -0.25) is 14.4 Å². The molecule has 2 aliphatic carbocycles. The number of allylic oxidation sites excluding steroid dienone is 3. The third-order valence-electron chi connectivity index (χ3n) is 5.88. The molecule has 1 aromatic rings. The topological polar surface area (TPSA) is 71.4 Å². The van der Waals surface area contributed by atoms with Crippen molar-refractivity contribution in [3.63, 3.8) is 0 Å². The molecule has 1 fully saturated rings. The van der Waals surface area contributed by atoms with E-state index in [1.165, 1.54) is 0 Å². The first-order valence-electron chi connectivity index (χ1n) is 10.2. The van der Waals surface area contributed by atoms with Gasteiger partial charge >= 0.3 is 0 Å². The third-order valence-corrected chi connectivity index (χ3v) is 5.88. The van der Waals surface area contributed by atoms with Gasteiger partial charge < -0.3 is 5.11 Å². The molecule has 0 aromatic heterocycles. The first-order chi connectivity index (χ1) is 13.5. The highest BCUT2D eigenvalue weighted by Crippen LogP contribution is 2.44. The maximum absolute atomic E-state index is 13.0. The highest BCUT2D eigenvalue weighted by Gasteiger charge is 2.47. The van der Waals surface area contributed by atoms with Crippen molar-refractivity contribution in [2.24, 2.45) is 22.7 Å². The van der Waals surface area contributed by atoms with Gasteiger partial charge in [-0.15, -0.1) is 0 Å². The van der Waals surface area contributed by atoms with Crippen LogP contribution in [0.3, 0.4) is 0 Å². The van der Waals surface area contributed by atoms with Crippen LogP contribution < -0.4 is 0 Å². The molecule has 3 rings (SSSR count). The molecule has 0 aliphatic heterocycles. The molecule has 1 atom stereocenters. The monoisotopic (exact) mass is 394 g/mol. The van der Waals surface area contributed by atoms with E-state index in [4.69, 9.17) is 0 Å². The minimum atomic E-state index is -0.912. The van der Waals surface area contributed by atoms with Gasteiger partial charge in [-0.1, -0.05) is 70.2 Å². The average Bonchev–Trinajstić information content (AvgIpc) is 2.56. The zero-order chi connectivity index (χ0) is 21.4. The Hall–Kier alpha value is -2.49. The smallest absolute Gasteiger partial charge is 0.163 e. The number of benzene rings is 1. The Morgan fingerprint density at radius 3 is 2.00 bits per heavy atom. The van der Waals surface area contributed by atoms with Crippen molar-refractivity contribution in [2.45, 2.75) is 53.4 Å². The van der Waals surface area contributed by atoms with Crippen molar-refractivity contribution >= 4 is 23.4 Å². The number of ketones is 3. The van der Waals surface area contributed by atoms with Gasteiger partial charge in [-0.05, 0) is 16.4 Å². The number of hydrogen-bond acceptors (Lipinski definition) is 4. The van der Waals surface area contributed by atoms with Crippen LogP contribution in [0.2, 0.25) is 0 Å². The number of rotatable bonds is 4. The molecule has 0 radical (unpaired) electrons. The fourth-order valence-electron chi connectivity index (χ4n) is 4.64. The number of Topliss-reactive ketones (excluding diaryl/α,β-unsaturated/α-hetero) is 3. The van der Waals surface area contributed by atoms with Crippen molar-refractivity contribution in [3.8, 4) is 0 Å². The minimum absolute atomic E-state index is 0.0133. The predicted octanol–water partition coefficient (Wildman–Crippen LogP) is 5.09. The minimum Gasteiger partial charge on any atom is -0.512 e. The normalized spacial score (nSPS) is 23.7. The maximum atomic E-state index is 13.0. The van der Waals surface area contributed by atoms with Gasteiger partial charge in [0.25, 0.3) is 0 Å². The summed E-state index contributed by atoms with van der Waals surface area (Å²) in [5, 5.41) is 10.8. The van der Waals surface area contributed by atoms with Crippen LogP contribution in [0.25, 0.3) is 6.08 Å². The Morgan fingerprint density at radius 2 is 1.45 bits per heavy atom. The molecule has 1 saturated carbocycles. The van der Waals surface area contributed by atoms with E-state index in [2.05, 4.69) is 0 Å². The predicted molar refractivity (Wildman–Crippen MR) is 113 cm³/mol. The van der Waals surface area contributed by atoms with Gasteiger partial charge in [0.05, 0.1) is 5.92 Å². The van der Waals surface area contributed by atoms with Crippen LogP contribution in [-0.4, -0.2) is 22.5 Å². The molecular formula is C25H30O4. The summed E-state index contributed by atoms with van der Waals surface area (Å²) in [7, 11) is 0. The quantitative estimate of drug-likeness (QED) is 0.722. The SMILES string of the molecule is CC1(C)CC(=O)C([C@@H](/C=C/c2ccccc2)C2=C(O)CC(C)(C)CC2=O)C(=O)C1. The highest BCUT2D eigenvalue weighted by atomic mass is 16.3. The van der Waals surface area contributed by atoms with Crippen LogP contribution >= 0.6 is 0 Å². The fourth-order valence-corrected chi connectivity index (χ4v) is 4.64. The van der Waals surface area contributed by atoms with Crippen molar-refractivity contribution in [3.05, 3.63) is 53.3 Å². The van der Waals surface area contributed by atoms with Gasteiger partial charge in [0, 0.05) is 37.2 Å². The second-order valence-electron chi connectivity index (χ2n) is 10.0. The van der Waals surface area contributed by atoms with E-state index in [1.54, 1.807) is 6.08 Å². The van der Waals surface area contributed by atoms with Crippen molar-refractivity contribution in [1.29, 1.82) is 0 Å². The molecule has 0 amide bonds. The van der Waals surface area contributed by atoms with E-state index < -0.39 is 11.8 Å². The number of aliphatic hydroxyl groups excluding tert-OH is 1. The molecule has 2 aliphatic rings. The number of hydrogen-bond donors (Lipinski definition) is 1. The van der Waals surface area contributed by atoms with Crippen molar-refractivity contribution in [1.82, 2.24) is 0 Å². The Morgan fingerprint density at radius 1 is 0.897 bits per heavy atom. The molecule has 1 aromatic carbocycles. The standard InChI is InChI=1S/C25H30O4/c1-24(2)12-18(26)22(19(27)13-24)17(11-10-16-8-6-5-7-9-16)23-20(28)14-25(3,4)15-21(23)29/h5-11,17,22,28H,12-15H2,1-4H3/b11-10+/t17-/m1/s1. The lowest BCUT2D eigenvalue weighted by molar-refractivity contribution is -0.140. The highest BCUT2D eigenvalue weighted by molar-refractivity contribution is 6.08. The molecule has 154 valence electrons. The molecule has 1 N–H and O–H groups in total.